The molecule has 0 N–H and O–H groups in total. The maximum atomic E-state index is 2.30. The summed E-state index contributed by atoms with van der Waals surface area (Å²) >= 11 is 0.0736. The molecule has 4 heteroatoms. The maximum absolute atomic E-state index is 2.30. The van der Waals surface area contributed by atoms with E-state index in [2.05, 4.69) is 13.8 Å². The Balaban J connectivity index is -0.000000427. The van der Waals surface area contributed by atoms with Crippen molar-refractivity contribution < 1.29 is 43.7 Å². The van der Waals surface area contributed by atoms with Crippen molar-refractivity contribution in [1.29, 1.82) is 0 Å². The van der Waals surface area contributed by atoms with Crippen LogP contribution in [0.4, 0.5) is 0 Å². The van der Waals surface area contributed by atoms with Crippen molar-refractivity contribution in [3.63, 3.8) is 0 Å². The maximum Gasteiger partial charge on any atom is 1.00 e. The molecule has 0 heterocycles. The summed E-state index contributed by atoms with van der Waals surface area (Å²) in [6.07, 6.45) is 17.8. The van der Waals surface area contributed by atoms with Gasteiger partial charge in [0, 0.05) is 0 Å². The molecule has 0 aromatic heterocycles. The minimum absolute atomic E-state index is 0. The van der Waals surface area contributed by atoms with Crippen LogP contribution in [0.3, 0.4) is 0 Å². The van der Waals surface area contributed by atoms with Crippen LogP contribution in [-0.4, -0.2) is 21.1 Å². The molecule has 0 saturated carbocycles. The summed E-state index contributed by atoms with van der Waals surface area (Å²) in [6.45, 7) is 4.60. The van der Waals surface area contributed by atoms with Gasteiger partial charge in [-0.3, -0.25) is 0 Å². The SMILES string of the molecule is CCCCCCC[CH2][Sn+2][CH2]CCCCCCC.[Cl-].[Cl-].[Li+]. The first-order valence-corrected chi connectivity index (χ1v) is 12.2. The quantitative estimate of drug-likeness (QED) is 0.210. The predicted molar refractivity (Wildman–Crippen MR) is 82.1 cm³/mol. The van der Waals surface area contributed by atoms with Crippen molar-refractivity contribution in [2.45, 2.75) is 99.8 Å². The van der Waals surface area contributed by atoms with Crippen molar-refractivity contribution in [1.82, 2.24) is 0 Å². The topological polar surface area (TPSA) is 0 Å². The fourth-order valence-electron chi connectivity index (χ4n) is 2.19. The largest absolute Gasteiger partial charge is 1.00 e. The number of hydrogen-bond acceptors (Lipinski definition) is 0. The van der Waals surface area contributed by atoms with Gasteiger partial charge in [-0.25, -0.2) is 0 Å². The molecule has 0 aliphatic heterocycles. The number of hydrogen-bond donors (Lipinski definition) is 0. The summed E-state index contributed by atoms with van der Waals surface area (Å²) in [5.41, 5.74) is 0. The first kappa shape index (κ1) is 29.9. The Morgan fingerprint density at radius 3 is 1.15 bits per heavy atom. The van der Waals surface area contributed by atoms with Crippen LogP contribution >= 0.6 is 0 Å². The molecule has 0 spiro atoms. The monoisotopic (exact) mass is 423 g/mol. The van der Waals surface area contributed by atoms with Crippen LogP contribution in [0.25, 0.3) is 0 Å². The van der Waals surface area contributed by atoms with Gasteiger partial charge < -0.3 is 24.8 Å². The fourth-order valence-corrected chi connectivity index (χ4v) is 5.75. The second-order valence-electron chi connectivity index (χ2n) is 5.29. The third-order valence-corrected chi connectivity index (χ3v) is 7.45. The molecule has 116 valence electrons. The molecule has 0 rings (SSSR count). The van der Waals surface area contributed by atoms with Crippen LogP contribution in [0.2, 0.25) is 8.87 Å². The summed E-state index contributed by atoms with van der Waals surface area (Å²) < 4.78 is 3.31. The standard InChI is InChI=1S/2C8H17.2ClH.Li.Sn/c2*1-3-5-7-8-6-4-2;;;;/h2*1,3-8H2,2H3;2*1H;;/q;;;;+1;+2/p-2. The zero-order valence-electron chi connectivity index (χ0n) is 14.2. The minimum atomic E-state index is 0. The van der Waals surface area contributed by atoms with Crippen molar-refractivity contribution >= 4 is 21.1 Å². The average Bonchev–Trinajstić information content (AvgIpc) is 2.35. The van der Waals surface area contributed by atoms with Gasteiger partial charge in [0.2, 0.25) is 0 Å². The van der Waals surface area contributed by atoms with Gasteiger partial charge in [-0.1, -0.05) is 0 Å². The molecule has 20 heavy (non-hydrogen) atoms. The summed E-state index contributed by atoms with van der Waals surface area (Å²) in [5, 5.41) is 0. The van der Waals surface area contributed by atoms with Crippen LogP contribution in [0, 0.1) is 0 Å². The van der Waals surface area contributed by atoms with Gasteiger partial charge in [-0.05, 0) is 0 Å². The summed E-state index contributed by atoms with van der Waals surface area (Å²) in [5.74, 6) is 0. The van der Waals surface area contributed by atoms with Crippen LogP contribution < -0.4 is 43.7 Å². The summed E-state index contributed by atoms with van der Waals surface area (Å²) in [4.78, 5) is 0. The molecule has 0 nitrogen and oxygen atoms in total. The van der Waals surface area contributed by atoms with E-state index in [1.54, 1.807) is 21.7 Å². The predicted octanol–water partition coefficient (Wildman–Crippen LogP) is -2.74. The molecule has 0 fully saturated rings. The Morgan fingerprint density at radius 1 is 0.500 bits per heavy atom. The van der Waals surface area contributed by atoms with Crippen molar-refractivity contribution in [2.75, 3.05) is 0 Å². The zero-order valence-corrected chi connectivity index (χ0v) is 18.5. The van der Waals surface area contributed by atoms with Gasteiger partial charge in [0.05, 0.1) is 0 Å². The van der Waals surface area contributed by atoms with Gasteiger partial charge >= 0.3 is 140 Å². The van der Waals surface area contributed by atoms with Crippen LogP contribution in [0.15, 0.2) is 0 Å². The van der Waals surface area contributed by atoms with E-state index >= 15 is 0 Å². The molecule has 0 aromatic rings. The molecular weight excluding hydrogens is 389 g/mol. The smallest absolute Gasteiger partial charge is 1.00 e. The van der Waals surface area contributed by atoms with Gasteiger partial charge in [0.1, 0.15) is 0 Å². The Morgan fingerprint density at radius 2 is 0.800 bits per heavy atom. The Kier molecular flexibility index (Phi) is 43.5. The Bertz CT molecular complexity index is 124. The molecular formula is C16H34Cl2LiSn+. The third kappa shape index (κ3) is 28.2. The van der Waals surface area contributed by atoms with E-state index in [-0.39, 0.29) is 64.8 Å². The Hall–Kier alpha value is 1.98. The molecule has 0 unspecified atom stereocenters. The van der Waals surface area contributed by atoms with E-state index in [0.29, 0.717) is 0 Å². The van der Waals surface area contributed by atoms with E-state index in [0.717, 1.165) is 0 Å². The van der Waals surface area contributed by atoms with Gasteiger partial charge in [0.25, 0.3) is 0 Å². The van der Waals surface area contributed by atoms with Gasteiger partial charge in [-0.15, -0.1) is 0 Å². The Labute approximate surface area is 163 Å². The summed E-state index contributed by atoms with van der Waals surface area (Å²) in [6, 6.07) is 0. The number of unbranched alkanes of at least 4 members (excludes halogenated alkanes) is 10. The van der Waals surface area contributed by atoms with Crippen molar-refractivity contribution in [3.8, 4) is 0 Å². The first-order chi connectivity index (χ1) is 8.41. The molecule has 0 aliphatic carbocycles. The molecule has 0 bridgehead atoms. The molecule has 0 amide bonds. The van der Waals surface area contributed by atoms with Gasteiger partial charge in [0.15, 0.2) is 0 Å². The normalized spacial score (nSPS) is 8.90. The van der Waals surface area contributed by atoms with Gasteiger partial charge in [-0.2, -0.15) is 0 Å². The van der Waals surface area contributed by atoms with E-state index in [4.69, 9.17) is 0 Å². The van der Waals surface area contributed by atoms with Crippen molar-refractivity contribution in [3.05, 3.63) is 0 Å². The number of halogens is 2. The zero-order chi connectivity index (χ0) is 12.6. The fraction of sp³-hybridized carbons (Fsp3) is 1.00. The molecule has 0 atom stereocenters. The van der Waals surface area contributed by atoms with Crippen LogP contribution in [0.1, 0.15) is 90.9 Å². The molecule has 0 saturated heterocycles. The van der Waals surface area contributed by atoms with Crippen molar-refractivity contribution in [2.24, 2.45) is 0 Å². The minimum Gasteiger partial charge on any atom is -1.00 e. The third-order valence-electron chi connectivity index (χ3n) is 3.41. The second-order valence-corrected chi connectivity index (χ2v) is 9.57. The molecule has 0 aliphatic rings. The van der Waals surface area contributed by atoms with E-state index < -0.39 is 0 Å². The van der Waals surface area contributed by atoms with E-state index in [1.807, 2.05) is 0 Å². The number of rotatable bonds is 14. The van der Waals surface area contributed by atoms with Crippen LogP contribution in [0.5, 0.6) is 0 Å². The molecule has 0 aromatic carbocycles. The van der Waals surface area contributed by atoms with E-state index in [9.17, 15) is 0 Å². The average molecular weight is 423 g/mol. The summed E-state index contributed by atoms with van der Waals surface area (Å²) in [7, 11) is 0. The second kappa shape index (κ2) is 29.0. The first-order valence-electron chi connectivity index (χ1n) is 8.12. The van der Waals surface area contributed by atoms with Crippen LogP contribution in [-0.2, 0) is 0 Å². The van der Waals surface area contributed by atoms with E-state index in [1.165, 1.54) is 64.2 Å². The molecule has 0 radical (unpaired) electrons.